The number of ether oxygens (including phenoxy) is 2. The van der Waals surface area contributed by atoms with Crippen LogP contribution in [0.1, 0.15) is 30.0 Å². The summed E-state index contributed by atoms with van der Waals surface area (Å²) >= 11 is 0. The maximum absolute atomic E-state index is 13.4. The van der Waals surface area contributed by atoms with Gasteiger partial charge in [-0.3, -0.25) is 14.6 Å². The number of likely N-dealkylation sites (tertiary alicyclic amines) is 1. The van der Waals surface area contributed by atoms with Crippen LogP contribution in [-0.2, 0) is 11.3 Å². The van der Waals surface area contributed by atoms with Crippen LogP contribution in [0, 0.1) is 0 Å². The van der Waals surface area contributed by atoms with E-state index < -0.39 is 0 Å². The van der Waals surface area contributed by atoms with Crippen LogP contribution in [0.15, 0.2) is 48.5 Å². The number of nitrogens with zero attached hydrogens (tertiary/aromatic N) is 3. The van der Waals surface area contributed by atoms with Gasteiger partial charge in [-0.05, 0) is 36.1 Å². The second kappa shape index (κ2) is 8.66. The fourth-order valence-electron chi connectivity index (χ4n) is 4.73. The first-order valence-corrected chi connectivity index (χ1v) is 11.0. The molecule has 0 unspecified atom stereocenters. The Kier molecular flexibility index (Phi) is 5.60. The molecule has 2 fully saturated rings. The van der Waals surface area contributed by atoms with Crippen molar-refractivity contribution in [1.29, 1.82) is 0 Å². The van der Waals surface area contributed by atoms with Crippen molar-refractivity contribution >= 4 is 5.91 Å². The van der Waals surface area contributed by atoms with Crippen LogP contribution in [0.3, 0.4) is 0 Å². The van der Waals surface area contributed by atoms with E-state index in [-0.39, 0.29) is 11.9 Å². The molecule has 0 N–H and O–H groups in total. The van der Waals surface area contributed by atoms with Gasteiger partial charge in [0.25, 0.3) is 0 Å². The monoisotopic (exact) mass is 407 g/mol. The van der Waals surface area contributed by atoms with E-state index >= 15 is 0 Å². The molecule has 0 bridgehead atoms. The van der Waals surface area contributed by atoms with Crippen molar-refractivity contribution in [1.82, 2.24) is 14.7 Å². The third kappa shape index (κ3) is 4.02. The zero-order chi connectivity index (χ0) is 20.3. The SMILES string of the molecule is O=C([C@H](c1ccccc1)N1CCN(Cc2ccc3c(c2)OCO3)CC1)N1CCCC1. The van der Waals surface area contributed by atoms with Crippen molar-refractivity contribution in [3.63, 3.8) is 0 Å². The Labute approximate surface area is 178 Å². The van der Waals surface area contributed by atoms with Gasteiger partial charge in [0.15, 0.2) is 11.5 Å². The van der Waals surface area contributed by atoms with Crippen molar-refractivity contribution in [2.24, 2.45) is 0 Å². The fraction of sp³-hybridized carbons (Fsp3) is 0.458. The summed E-state index contributed by atoms with van der Waals surface area (Å²) in [4.78, 5) is 20.2. The standard InChI is InChI=1S/C24H29N3O3/c28-24(27-10-4-5-11-27)23(20-6-2-1-3-7-20)26-14-12-25(13-15-26)17-19-8-9-21-22(16-19)30-18-29-21/h1-3,6-9,16,23H,4-5,10-15,17-18H2/t23-/m0/s1. The number of carbonyl (C=O) groups excluding carboxylic acids is 1. The number of rotatable bonds is 5. The first kappa shape index (κ1) is 19.4. The molecule has 5 rings (SSSR count). The number of amides is 1. The van der Waals surface area contributed by atoms with E-state index in [1.54, 1.807) is 0 Å². The van der Waals surface area contributed by atoms with Gasteiger partial charge in [-0.1, -0.05) is 36.4 Å². The van der Waals surface area contributed by atoms with E-state index in [9.17, 15) is 4.79 Å². The summed E-state index contributed by atoms with van der Waals surface area (Å²) in [5, 5.41) is 0. The highest BCUT2D eigenvalue weighted by atomic mass is 16.7. The largest absolute Gasteiger partial charge is 0.454 e. The average Bonchev–Trinajstić information content (AvgIpc) is 3.48. The molecule has 0 spiro atoms. The maximum Gasteiger partial charge on any atom is 0.244 e. The molecule has 6 nitrogen and oxygen atoms in total. The topological polar surface area (TPSA) is 45.3 Å². The summed E-state index contributed by atoms with van der Waals surface area (Å²) in [5.74, 6) is 1.93. The number of fused-ring (bicyclic) bond motifs is 1. The van der Waals surface area contributed by atoms with Crippen LogP contribution in [0.2, 0.25) is 0 Å². The van der Waals surface area contributed by atoms with Crippen LogP contribution >= 0.6 is 0 Å². The Morgan fingerprint density at radius 3 is 2.37 bits per heavy atom. The van der Waals surface area contributed by atoms with Crippen molar-refractivity contribution < 1.29 is 14.3 Å². The molecule has 1 atom stereocenters. The highest BCUT2D eigenvalue weighted by molar-refractivity contribution is 5.83. The highest BCUT2D eigenvalue weighted by Crippen LogP contribution is 2.33. The van der Waals surface area contributed by atoms with Crippen LogP contribution in [0.5, 0.6) is 11.5 Å². The number of carbonyl (C=O) groups is 1. The number of piperazine rings is 1. The predicted molar refractivity (Wildman–Crippen MR) is 114 cm³/mol. The third-order valence-corrected chi connectivity index (χ3v) is 6.38. The average molecular weight is 408 g/mol. The van der Waals surface area contributed by atoms with E-state index in [0.717, 1.165) is 75.7 Å². The molecule has 30 heavy (non-hydrogen) atoms. The molecule has 6 heteroatoms. The van der Waals surface area contributed by atoms with Gasteiger partial charge in [-0.2, -0.15) is 0 Å². The lowest BCUT2D eigenvalue weighted by Crippen LogP contribution is -2.51. The Hall–Kier alpha value is -2.57. The molecule has 0 aromatic heterocycles. The smallest absolute Gasteiger partial charge is 0.244 e. The summed E-state index contributed by atoms with van der Waals surface area (Å²) in [6.45, 7) is 6.67. The molecule has 2 saturated heterocycles. The number of hydrogen-bond acceptors (Lipinski definition) is 5. The fourth-order valence-corrected chi connectivity index (χ4v) is 4.73. The van der Waals surface area contributed by atoms with E-state index in [4.69, 9.17) is 9.47 Å². The lowest BCUT2D eigenvalue weighted by molar-refractivity contribution is -0.137. The van der Waals surface area contributed by atoms with E-state index in [1.165, 1.54) is 5.56 Å². The van der Waals surface area contributed by atoms with Gasteiger partial charge in [0.2, 0.25) is 12.7 Å². The van der Waals surface area contributed by atoms with E-state index in [2.05, 4.69) is 39.0 Å². The molecule has 2 aromatic carbocycles. The molecule has 0 aliphatic carbocycles. The minimum absolute atomic E-state index is 0.169. The second-order valence-corrected chi connectivity index (χ2v) is 8.35. The molecule has 158 valence electrons. The van der Waals surface area contributed by atoms with Crippen LogP contribution in [0.25, 0.3) is 0 Å². The van der Waals surface area contributed by atoms with Crippen LogP contribution < -0.4 is 9.47 Å². The van der Waals surface area contributed by atoms with Crippen LogP contribution in [0.4, 0.5) is 0 Å². The van der Waals surface area contributed by atoms with E-state index in [0.29, 0.717) is 6.79 Å². The normalized spacial score (nSPS) is 20.5. The van der Waals surface area contributed by atoms with Gasteiger partial charge >= 0.3 is 0 Å². The minimum atomic E-state index is -0.169. The molecule has 0 radical (unpaired) electrons. The van der Waals surface area contributed by atoms with Gasteiger partial charge in [0, 0.05) is 45.8 Å². The molecule has 3 aliphatic heterocycles. The molecular formula is C24H29N3O3. The summed E-state index contributed by atoms with van der Waals surface area (Å²) in [5.41, 5.74) is 2.35. The quantitative estimate of drug-likeness (QED) is 0.763. The zero-order valence-corrected chi connectivity index (χ0v) is 17.3. The number of hydrogen-bond donors (Lipinski definition) is 0. The molecule has 3 heterocycles. The first-order chi connectivity index (χ1) is 14.8. The minimum Gasteiger partial charge on any atom is -0.454 e. The Balaban J connectivity index is 1.25. The molecule has 2 aromatic rings. The molecule has 0 saturated carbocycles. The van der Waals surface area contributed by atoms with E-state index in [1.807, 2.05) is 24.3 Å². The molecular weight excluding hydrogens is 378 g/mol. The Morgan fingerprint density at radius 2 is 1.60 bits per heavy atom. The lowest BCUT2D eigenvalue weighted by atomic mass is 10.0. The van der Waals surface area contributed by atoms with Gasteiger partial charge < -0.3 is 14.4 Å². The first-order valence-electron chi connectivity index (χ1n) is 11.0. The zero-order valence-electron chi connectivity index (χ0n) is 17.3. The van der Waals surface area contributed by atoms with Gasteiger partial charge in [-0.15, -0.1) is 0 Å². The number of benzene rings is 2. The van der Waals surface area contributed by atoms with Gasteiger partial charge in [-0.25, -0.2) is 0 Å². The Morgan fingerprint density at radius 1 is 0.867 bits per heavy atom. The lowest BCUT2D eigenvalue weighted by Gasteiger charge is -2.40. The summed E-state index contributed by atoms with van der Waals surface area (Å²) in [6, 6.07) is 16.3. The van der Waals surface area contributed by atoms with Crippen LogP contribution in [-0.4, -0.2) is 66.7 Å². The van der Waals surface area contributed by atoms with Crippen molar-refractivity contribution in [3.8, 4) is 11.5 Å². The van der Waals surface area contributed by atoms with Crippen molar-refractivity contribution in [2.75, 3.05) is 46.1 Å². The van der Waals surface area contributed by atoms with Crippen molar-refractivity contribution in [3.05, 3.63) is 59.7 Å². The summed E-state index contributed by atoms with van der Waals surface area (Å²) in [7, 11) is 0. The second-order valence-electron chi connectivity index (χ2n) is 8.35. The highest BCUT2D eigenvalue weighted by Gasteiger charge is 2.34. The van der Waals surface area contributed by atoms with Crippen molar-refractivity contribution in [2.45, 2.75) is 25.4 Å². The predicted octanol–water partition coefficient (Wildman–Crippen LogP) is 2.90. The van der Waals surface area contributed by atoms with Gasteiger partial charge in [0.05, 0.1) is 0 Å². The van der Waals surface area contributed by atoms with Gasteiger partial charge in [0.1, 0.15) is 6.04 Å². The third-order valence-electron chi connectivity index (χ3n) is 6.38. The summed E-state index contributed by atoms with van der Waals surface area (Å²) < 4.78 is 10.9. The maximum atomic E-state index is 13.4. The molecule has 3 aliphatic rings. The summed E-state index contributed by atoms with van der Waals surface area (Å²) in [6.07, 6.45) is 2.24. The molecule has 1 amide bonds. The Bertz CT molecular complexity index is 875.